The summed E-state index contributed by atoms with van der Waals surface area (Å²) in [7, 11) is 0. The topological polar surface area (TPSA) is 72.5 Å². The number of hydrogen-bond donors (Lipinski definition) is 0. The molecule has 0 aromatic heterocycles. The maximum Gasteiger partial charge on any atom is 0.305 e. The first-order valence-corrected chi connectivity index (χ1v) is 15.9. The van der Waals surface area contributed by atoms with E-state index in [1.807, 2.05) is 0 Å². The third-order valence-corrected chi connectivity index (χ3v) is 6.89. The minimum atomic E-state index is -0.115. The fourth-order valence-corrected chi connectivity index (χ4v) is 4.55. The number of hydrogen-bond acceptors (Lipinski definition) is 7. The van der Waals surface area contributed by atoms with Gasteiger partial charge in [-0.15, -0.1) is 0 Å². The molecule has 226 valence electrons. The van der Waals surface area contributed by atoms with E-state index < -0.39 is 0 Å². The van der Waals surface area contributed by atoms with E-state index >= 15 is 0 Å². The molecule has 0 spiro atoms. The van der Waals surface area contributed by atoms with Crippen LogP contribution in [-0.4, -0.2) is 71.7 Å². The van der Waals surface area contributed by atoms with Crippen molar-refractivity contribution in [2.45, 2.75) is 135 Å². The van der Waals surface area contributed by atoms with Crippen LogP contribution in [0.2, 0.25) is 0 Å². The van der Waals surface area contributed by atoms with E-state index in [1.165, 1.54) is 89.9 Å². The molecule has 0 N–H and O–H groups in total. The van der Waals surface area contributed by atoms with Gasteiger partial charge >= 0.3 is 5.97 Å². The highest BCUT2D eigenvalue weighted by molar-refractivity contribution is 5.69. The second-order valence-corrected chi connectivity index (χ2v) is 10.4. The number of unbranched alkanes of at least 4 members (excludes halogenated alkanes) is 14. The lowest BCUT2D eigenvalue weighted by atomic mass is 10.0. The van der Waals surface area contributed by atoms with Crippen LogP contribution in [0, 0.1) is 0 Å². The summed E-state index contributed by atoms with van der Waals surface area (Å²) in [6.07, 6.45) is 23.6. The molecule has 1 unspecified atom stereocenters. The third-order valence-electron chi connectivity index (χ3n) is 6.89. The molecule has 0 saturated carbocycles. The van der Waals surface area contributed by atoms with Crippen LogP contribution in [0.25, 0.3) is 0 Å². The molecule has 1 saturated heterocycles. The molecule has 0 aromatic carbocycles. The van der Waals surface area contributed by atoms with Crippen LogP contribution < -0.4 is 0 Å². The number of esters is 1. The molecular formula is C31H60O7. The molecule has 0 amide bonds. The molecule has 1 rings (SSSR count). The SMILES string of the molecule is CCCCCCCCCCCCCCCCCC(=O)OCCOCCOCCOCCOC1CCCCO1. The summed E-state index contributed by atoms with van der Waals surface area (Å²) in [4.78, 5) is 11.8. The van der Waals surface area contributed by atoms with E-state index in [1.54, 1.807) is 0 Å². The predicted octanol–water partition coefficient (Wildman–Crippen LogP) is 7.38. The number of carbonyl (C=O) groups is 1. The Kier molecular flexibility index (Phi) is 27.2. The summed E-state index contributed by atoms with van der Waals surface area (Å²) < 4.78 is 32.8. The van der Waals surface area contributed by atoms with Gasteiger partial charge in [-0.1, -0.05) is 96.8 Å². The monoisotopic (exact) mass is 544 g/mol. The van der Waals surface area contributed by atoms with Crippen LogP contribution in [0.1, 0.15) is 129 Å². The summed E-state index contributed by atoms with van der Waals surface area (Å²) in [6.45, 7) is 6.93. The van der Waals surface area contributed by atoms with E-state index in [-0.39, 0.29) is 12.3 Å². The van der Waals surface area contributed by atoms with Gasteiger partial charge in [0.2, 0.25) is 0 Å². The molecule has 0 aromatic rings. The third kappa shape index (κ3) is 25.5. The van der Waals surface area contributed by atoms with E-state index in [2.05, 4.69) is 6.92 Å². The second kappa shape index (κ2) is 29.3. The van der Waals surface area contributed by atoms with Crippen molar-refractivity contribution in [3.8, 4) is 0 Å². The van der Waals surface area contributed by atoms with Crippen LogP contribution >= 0.6 is 0 Å². The highest BCUT2D eigenvalue weighted by Gasteiger charge is 2.13. The van der Waals surface area contributed by atoms with Gasteiger partial charge in [-0.3, -0.25) is 4.79 Å². The summed E-state index contributed by atoms with van der Waals surface area (Å²) in [5.74, 6) is -0.115. The van der Waals surface area contributed by atoms with Crippen molar-refractivity contribution in [1.29, 1.82) is 0 Å². The van der Waals surface area contributed by atoms with Crippen LogP contribution in [-0.2, 0) is 33.2 Å². The molecular weight excluding hydrogens is 484 g/mol. The Morgan fingerprint density at radius 1 is 0.605 bits per heavy atom. The smallest absolute Gasteiger partial charge is 0.305 e. The Morgan fingerprint density at radius 2 is 1.08 bits per heavy atom. The molecule has 0 radical (unpaired) electrons. The molecule has 1 fully saturated rings. The maximum absolute atomic E-state index is 11.8. The fraction of sp³-hybridized carbons (Fsp3) is 0.968. The first-order chi connectivity index (χ1) is 18.8. The lowest BCUT2D eigenvalue weighted by Crippen LogP contribution is -2.24. The highest BCUT2D eigenvalue weighted by Crippen LogP contribution is 2.14. The van der Waals surface area contributed by atoms with Gasteiger partial charge in [0, 0.05) is 13.0 Å². The molecule has 0 bridgehead atoms. The Labute approximate surface area is 234 Å². The van der Waals surface area contributed by atoms with Gasteiger partial charge in [-0.2, -0.15) is 0 Å². The number of carbonyl (C=O) groups excluding carboxylic acids is 1. The Balaban J connectivity index is 1.68. The van der Waals surface area contributed by atoms with Crippen molar-refractivity contribution in [3.63, 3.8) is 0 Å². The summed E-state index contributed by atoms with van der Waals surface area (Å²) in [5.41, 5.74) is 0. The molecule has 1 aliphatic heterocycles. The van der Waals surface area contributed by atoms with Crippen molar-refractivity contribution in [2.24, 2.45) is 0 Å². The van der Waals surface area contributed by atoms with E-state index in [0.29, 0.717) is 59.3 Å². The average Bonchev–Trinajstić information content (AvgIpc) is 2.94. The van der Waals surface area contributed by atoms with Gasteiger partial charge in [0.1, 0.15) is 6.61 Å². The quantitative estimate of drug-likeness (QED) is 0.0718. The minimum Gasteiger partial charge on any atom is -0.463 e. The second-order valence-electron chi connectivity index (χ2n) is 10.4. The number of rotatable bonds is 29. The summed E-state index contributed by atoms with van der Waals surface area (Å²) in [6, 6.07) is 0. The summed E-state index contributed by atoms with van der Waals surface area (Å²) >= 11 is 0. The van der Waals surface area contributed by atoms with Gasteiger partial charge in [-0.05, 0) is 25.7 Å². The van der Waals surface area contributed by atoms with Crippen molar-refractivity contribution < 1.29 is 33.2 Å². The molecule has 38 heavy (non-hydrogen) atoms. The van der Waals surface area contributed by atoms with E-state index in [9.17, 15) is 4.79 Å². The highest BCUT2D eigenvalue weighted by atomic mass is 16.7. The van der Waals surface area contributed by atoms with Crippen molar-refractivity contribution in [2.75, 3.05) is 59.5 Å². The van der Waals surface area contributed by atoms with E-state index in [4.69, 9.17) is 28.4 Å². The lowest BCUT2D eigenvalue weighted by Gasteiger charge is -2.22. The van der Waals surface area contributed by atoms with Gasteiger partial charge < -0.3 is 28.4 Å². The molecule has 0 aliphatic carbocycles. The van der Waals surface area contributed by atoms with Crippen molar-refractivity contribution in [1.82, 2.24) is 0 Å². The zero-order chi connectivity index (χ0) is 27.2. The standard InChI is InChI=1S/C31H60O7/c1-2-3-4-5-6-7-8-9-10-11-12-13-14-15-16-19-30(32)36-28-26-34-24-22-33-23-25-35-27-29-38-31-20-17-18-21-37-31/h31H,2-29H2,1H3. The zero-order valence-corrected chi connectivity index (χ0v) is 24.7. The predicted molar refractivity (Wildman–Crippen MR) is 153 cm³/mol. The first kappa shape index (κ1) is 35.3. The molecule has 1 aliphatic rings. The van der Waals surface area contributed by atoms with Crippen LogP contribution in [0.4, 0.5) is 0 Å². The summed E-state index contributed by atoms with van der Waals surface area (Å²) in [5, 5.41) is 0. The first-order valence-electron chi connectivity index (χ1n) is 15.9. The molecule has 7 heteroatoms. The van der Waals surface area contributed by atoms with Gasteiger partial charge in [0.15, 0.2) is 6.29 Å². The average molecular weight is 545 g/mol. The maximum atomic E-state index is 11.8. The van der Waals surface area contributed by atoms with Crippen LogP contribution in [0.5, 0.6) is 0 Å². The normalized spacial score (nSPS) is 15.7. The van der Waals surface area contributed by atoms with Gasteiger partial charge in [-0.25, -0.2) is 0 Å². The number of ether oxygens (including phenoxy) is 6. The van der Waals surface area contributed by atoms with Gasteiger partial charge in [0.05, 0.1) is 46.2 Å². The molecule has 1 heterocycles. The largest absolute Gasteiger partial charge is 0.463 e. The van der Waals surface area contributed by atoms with Crippen LogP contribution in [0.15, 0.2) is 0 Å². The lowest BCUT2D eigenvalue weighted by molar-refractivity contribution is -0.169. The zero-order valence-electron chi connectivity index (χ0n) is 24.7. The molecule has 7 nitrogen and oxygen atoms in total. The fourth-order valence-electron chi connectivity index (χ4n) is 4.55. The molecule has 1 atom stereocenters. The van der Waals surface area contributed by atoms with Crippen molar-refractivity contribution in [3.05, 3.63) is 0 Å². The Morgan fingerprint density at radius 3 is 1.58 bits per heavy atom. The van der Waals surface area contributed by atoms with Gasteiger partial charge in [0.25, 0.3) is 0 Å². The van der Waals surface area contributed by atoms with Crippen molar-refractivity contribution >= 4 is 5.97 Å². The van der Waals surface area contributed by atoms with Crippen LogP contribution in [0.3, 0.4) is 0 Å². The van der Waals surface area contributed by atoms with E-state index in [0.717, 1.165) is 32.3 Å². The Bertz CT molecular complexity index is 483. The minimum absolute atomic E-state index is 0.0612. The Hall–Kier alpha value is -0.730.